The summed E-state index contributed by atoms with van der Waals surface area (Å²) in [7, 11) is 0. The minimum atomic E-state index is -4.73. The molecule has 0 atom stereocenters. The molecule has 4 rings (SSSR count). The van der Waals surface area contributed by atoms with Crippen LogP contribution in [0.4, 0.5) is 22.0 Å². The molecule has 5 heteroatoms. The summed E-state index contributed by atoms with van der Waals surface area (Å²) in [4.78, 5) is 0. The standard InChI is InChI=1S/C29H29F5/c1-2-19-3-5-20(6-4-19)7-8-21-10-15-25-24(17-21)14-13-23(28(25)31)12-9-22-11-16-26(27(30)18-22)29(32,33)34/h2,10-11,13-20H,1,3-9,12H2. The molecule has 0 nitrogen and oxygen atoms in total. The van der Waals surface area contributed by atoms with Crippen LogP contribution in [0.1, 0.15) is 54.4 Å². The molecule has 0 heterocycles. The number of rotatable bonds is 7. The van der Waals surface area contributed by atoms with Crippen LogP contribution in [-0.4, -0.2) is 0 Å². The highest BCUT2D eigenvalue weighted by molar-refractivity contribution is 5.84. The summed E-state index contributed by atoms with van der Waals surface area (Å²) in [5.74, 6) is -0.224. The average molecular weight is 473 g/mol. The first-order valence-corrected chi connectivity index (χ1v) is 11.9. The molecule has 0 unspecified atom stereocenters. The Kier molecular flexibility index (Phi) is 7.39. The van der Waals surface area contributed by atoms with E-state index in [1.807, 2.05) is 24.3 Å². The number of fused-ring (bicyclic) bond motifs is 1. The first-order chi connectivity index (χ1) is 16.2. The minimum absolute atomic E-state index is 0.254. The van der Waals surface area contributed by atoms with E-state index in [1.165, 1.54) is 37.3 Å². The Morgan fingerprint density at radius 2 is 1.53 bits per heavy atom. The Morgan fingerprint density at radius 1 is 0.824 bits per heavy atom. The van der Waals surface area contributed by atoms with Gasteiger partial charge in [0.2, 0.25) is 0 Å². The maximum absolute atomic E-state index is 15.1. The monoisotopic (exact) mass is 472 g/mol. The number of benzene rings is 3. The Bertz CT molecular complexity index is 1150. The molecule has 3 aromatic rings. The number of allylic oxidation sites excluding steroid dienone is 1. The lowest BCUT2D eigenvalue weighted by atomic mass is 9.79. The lowest BCUT2D eigenvalue weighted by Gasteiger charge is -2.26. The van der Waals surface area contributed by atoms with E-state index in [-0.39, 0.29) is 18.7 Å². The van der Waals surface area contributed by atoms with Crippen LogP contribution in [0.3, 0.4) is 0 Å². The van der Waals surface area contributed by atoms with Crippen LogP contribution in [0.15, 0.2) is 61.2 Å². The Hall–Kier alpha value is -2.69. The van der Waals surface area contributed by atoms with Gasteiger partial charge in [0.25, 0.3) is 0 Å². The van der Waals surface area contributed by atoms with Crippen molar-refractivity contribution in [2.75, 3.05) is 0 Å². The van der Waals surface area contributed by atoms with Crippen LogP contribution < -0.4 is 0 Å². The average Bonchev–Trinajstić information content (AvgIpc) is 2.82. The van der Waals surface area contributed by atoms with E-state index in [9.17, 15) is 17.6 Å². The predicted molar refractivity (Wildman–Crippen MR) is 127 cm³/mol. The minimum Gasteiger partial charge on any atom is -0.206 e. The third-order valence-electron chi connectivity index (χ3n) is 7.19. The Balaban J connectivity index is 1.40. The van der Waals surface area contributed by atoms with E-state index in [1.54, 1.807) is 6.07 Å². The topological polar surface area (TPSA) is 0 Å². The van der Waals surface area contributed by atoms with E-state index in [0.29, 0.717) is 22.4 Å². The van der Waals surface area contributed by atoms with Gasteiger partial charge in [-0.25, -0.2) is 8.78 Å². The van der Waals surface area contributed by atoms with Gasteiger partial charge in [-0.1, -0.05) is 42.5 Å². The number of halogens is 5. The molecule has 0 spiro atoms. The smallest absolute Gasteiger partial charge is 0.206 e. The largest absolute Gasteiger partial charge is 0.419 e. The highest BCUT2D eigenvalue weighted by Gasteiger charge is 2.33. The highest BCUT2D eigenvalue weighted by Crippen LogP contribution is 2.33. The maximum Gasteiger partial charge on any atom is 0.419 e. The van der Waals surface area contributed by atoms with Gasteiger partial charge in [0.15, 0.2) is 0 Å². The van der Waals surface area contributed by atoms with Crippen LogP contribution in [0.5, 0.6) is 0 Å². The third-order valence-corrected chi connectivity index (χ3v) is 7.19. The van der Waals surface area contributed by atoms with E-state index >= 15 is 4.39 Å². The van der Waals surface area contributed by atoms with Crippen LogP contribution in [0.25, 0.3) is 10.8 Å². The number of hydrogen-bond donors (Lipinski definition) is 0. The zero-order chi connectivity index (χ0) is 24.3. The molecular weight excluding hydrogens is 443 g/mol. The lowest BCUT2D eigenvalue weighted by molar-refractivity contribution is -0.140. The summed E-state index contributed by atoms with van der Waals surface area (Å²) in [5, 5.41) is 1.38. The van der Waals surface area contributed by atoms with E-state index < -0.39 is 17.6 Å². The SMILES string of the molecule is C=CC1CCC(CCc2ccc3c(F)c(CCc4ccc(C(F)(F)F)c(F)c4)ccc3c2)CC1. The maximum atomic E-state index is 15.1. The second-order valence-electron chi connectivity index (χ2n) is 9.46. The van der Waals surface area contributed by atoms with E-state index in [0.717, 1.165) is 36.3 Å². The number of aryl methyl sites for hydroxylation is 3. The van der Waals surface area contributed by atoms with Gasteiger partial charge < -0.3 is 0 Å². The zero-order valence-electron chi connectivity index (χ0n) is 19.1. The van der Waals surface area contributed by atoms with Gasteiger partial charge >= 0.3 is 6.18 Å². The van der Waals surface area contributed by atoms with Crippen molar-refractivity contribution in [3.8, 4) is 0 Å². The number of hydrogen-bond acceptors (Lipinski definition) is 0. The van der Waals surface area contributed by atoms with Gasteiger partial charge in [-0.2, -0.15) is 13.2 Å². The highest BCUT2D eigenvalue weighted by atomic mass is 19.4. The fourth-order valence-electron chi connectivity index (χ4n) is 5.04. The molecule has 0 aliphatic heterocycles. The van der Waals surface area contributed by atoms with E-state index in [4.69, 9.17) is 0 Å². The molecule has 3 aromatic carbocycles. The van der Waals surface area contributed by atoms with Crippen molar-refractivity contribution in [2.24, 2.45) is 11.8 Å². The summed E-state index contributed by atoms with van der Waals surface area (Å²) in [6.45, 7) is 3.90. The normalized spacial score (nSPS) is 18.9. The van der Waals surface area contributed by atoms with Crippen LogP contribution >= 0.6 is 0 Å². The lowest BCUT2D eigenvalue weighted by Crippen LogP contribution is -2.13. The molecule has 0 bridgehead atoms. The molecule has 0 saturated heterocycles. The van der Waals surface area contributed by atoms with Gasteiger partial charge in [-0.15, -0.1) is 6.58 Å². The zero-order valence-corrected chi connectivity index (χ0v) is 19.1. The second-order valence-corrected chi connectivity index (χ2v) is 9.46. The van der Waals surface area contributed by atoms with Crippen molar-refractivity contribution in [1.82, 2.24) is 0 Å². The molecule has 1 aliphatic carbocycles. The van der Waals surface area contributed by atoms with E-state index in [2.05, 4.69) is 12.7 Å². The van der Waals surface area contributed by atoms with Crippen molar-refractivity contribution in [2.45, 2.75) is 57.5 Å². The summed E-state index contributed by atoms with van der Waals surface area (Å²) in [5.41, 5.74) is 0.793. The molecule has 0 radical (unpaired) electrons. The molecule has 0 amide bonds. The first kappa shape index (κ1) is 24.4. The molecule has 1 aliphatic rings. The molecule has 1 fully saturated rings. The van der Waals surface area contributed by atoms with Crippen molar-refractivity contribution >= 4 is 10.8 Å². The van der Waals surface area contributed by atoms with Gasteiger partial charge in [-0.05, 0) is 97.4 Å². The third kappa shape index (κ3) is 5.68. The Labute approximate surface area is 197 Å². The van der Waals surface area contributed by atoms with Crippen molar-refractivity contribution < 1.29 is 22.0 Å². The molecule has 0 aromatic heterocycles. The van der Waals surface area contributed by atoms with Crippen molar-refractivity contribution in [1.29, 1.82) is 0 Å². The van der Waals surface area contributed by atoms with Crippen LogP contribution in [-0.2, 0) is 25.4 Å². The summed E-state index contributed by atoms with van der Waals surface area (Å²) < 4.78 is 67.1. The van der Waals surface area contributed by atoms with Gasteiger partial charge in [0.1, 0.15) is 11.6 Å². The van der Waals surface area contributed by atoms with Gasteiger partial charge in [0.05, 0.1) is 5.56 Å². The molecule has 0 N–H and O–H groups in total. The quantitative estimate of drug-likeness (QED) is 0.238. The second kappa shape index (κ2) is 10.3. The molecule has 180 valence electrons. The first-order valence-electron chi connectivity index (χ1n) is 11.9. The van der Waals surface area contributed by atoms with Crippen LogP contribution in [0.2, 0.25) is 0 Å². The molecule has 34 heavy (non-hydrogen) atoms. The fourth-order valence-corrected chi connectivity index (χ4v) is 5.04. The number of alkyl halides is 3. The molecule has 1 saturated carbocycles. The van der Waals surface area contributed by atoms with Gasteiger partial charge in [-0.3, -0.25) is 0 Å². The van der Waals surface area contributed by atoms with Crippen LogP contribution in [0, 0.1) is 23.5 Å². The van der Waals surface area contributed by atoms with Gasteiger partial charge in [0, 0.05) is 5.39 Å². The summed E-state index contributed by atoms with van der Waals surface area (Å²) in [6, 6.07) is 12.3. The fraction of sp³-hybridized carbons (Fsp3) is 0.379. The summed E-state index contributed by atoms with van der Waals surface area (Å²) >= 11 is 0. The molecular formula is C29H29F5. The van der Waals surface area contributed by atoms with Crippen molar-refractivity contribution in [3.63, 3.8) is 0 Å². The predicted octanol–water partition coefficient (Wildman–Crippen LogP) is 8.85. The van der Waals surface area contributed by atoms with Crippen molar-refractivity contribution in [3.05, 3.63) is 95.1 Å². The summed E-state index contributed by atoms with van der Waals surface area (Å²) in [6.07, 6.45) is 4.92. The Morgan fingerprint density at radius 3 is 2.21 bits per heavy atom.